The third-order valence-corrected chi connectivity index (χ3v) is 3.36. The van der Waals surface area contributed by atoms with Crippen molar-refractivity contribution < 1.29 is 9.53 Å². The van der Waals surface area contributed by atoms with Crippen molar-refractivity contribution in [2.24, 2.45) is 11.7 Å². The minimum absolute atomic E-state index is 0.209. The fourth-order valence-electron chi connectivity index (χ4n) is 2.20. The zero-order chi connectivity index (χ0) is 11.8. The molecule has 94 valence electrons. The average molecular weight is 227 g/mol. The lowest BCUT2D eigenvalue weighted by molar-refractivity contribution is -0.147. The van der Waals surface area contributed by atoms with Gasteiger partial charge in [0.05, 0.1) is 6.61 Å². The molecule has 0 bridgehead atoms. The predicted octanol–water partition coefficient (Wildman–Crippen LogP) is 2.63. The Balaban J connectivity index is 2.12. The summed E-state index contributed by atoms with van der Waals surface area (Å²) in [5.41, 5.74) is 5.74. The molecule has 0 radical (unpaired) electrons. The first-order valence-electron chi connectivity index (χ1n) is 6.66. The highest BCUT2D eigenvalue weighted by Gasteiger charge is 2.18. The topological polar surface area (TPSA) is 52.3 Å². The fraction of sp³-hybridized carbons (Fsp3) is 0.923. The van der Waals surface area contributed by atoms with Crippen molar-refractivity contribution in [1.82, 2.24) is 0 Å². The van der Waals surface area contributed by atoms with E-state index in [4.69, 9.17) is 10.5 Å². The molecule has 0 aromatic carbocycles. The van der Waals surface area contributed by atoms with E-state index in [1.165, 1.54) is 32.1 Å². The van der Waals surface area contributed by atoms with Gasteiger partial charge in [-0.25, -0.2) is 0 Å². The second-order valence-electron chi connectivity index (χ2n) is 4.88. The van der Waals surface area contributed by atoms with E-state index in [2.05, 4.69) is 6.92 Å². The van der Waals surface area contributed by atoms with Gasteiger partial charge < -0.3 is 10.5 Å². The first kappa shape index (κ1) is 13.5. The van der Waals surface area contributed by atoms with Crippen LogP contribution < -0.4 is 5.73 Å². The van der Waals surface area contributed by atoms with Crippen molar-refractivity contribution in [2.45, 2.75) is 64.3 Å². The van der Waals surface area contributed by atoms with Crippen molar-refractivity contribution in [1.29, 1.82) is 0 Å². The summed E-state index contributed by atoms with van der Waals surface area (Å²) in [6, 6.07) is -0.413. The largest absolute Gasteiger partial charge is 0.464 e. The maximum absolute atomic E-state index is 11.5. The quantitative estimate of drug-likeness (QED) is 0.710. The molecule has 3 heteroatoms. The van der Waals surface area contributed by atoms with Crippen LogP contribution in [0.25, 0.3) is 0 Å². The maximum Gasteiger partial charge on any atom is 0.322 e. The monoisotopic (exact) mass is 227 g/mol. The lowest BCUT2D eigenvalue weighted by Crippen LogP contribution is -2.33. The normalized spacial score (nSPS) is 19.4. The smallest absolute Gasteiger partial charge is 0.322 e. The van der Waals surface area contributed by atoms with E-state index in [9.17, 15) is 4.79 Å². The van der Waals surface area contributed by atoms with Crippen molar-refractivity contribution in [2.75, 3.05) is 6.61 Å². The van der Waals surface area contributed by atoms with Crippen molar-refractivity contribution in [3.63, 3.8) is 0 Å². The number of ether oxygens (including phenoxy) is 1. The molecule has 16 heavy (non-hydrogen) atoms. The standard InChI is InChI=1S/C13H25NO2/c1-2-3-9-12(14)13(15)16-10-11-7-5-4-6-8-11/h11-12H,2-10,14H2,1H3. The molecule has 1 unspecified atom stereocenters. The molecule has 1 rings (SSSR count). The number of rotatable bonds is 6. The first-order valence-corrected chi connectivity index (χ1v) is 6.66. The van der Waals surface area contributed by atoms with Crippen molar-refractivity contribution in [3.8, 4) is 0 Å². The number of unbranched alkanes of at least 4 members (excludes halogenated alkanes) is 1. The minimum Gasteiger partial charge on any atom is -0.464 e. The summed E-state index contributed by atoms with van der Waals surface area (Å²) in [7, 11) is 0. The number of esters is 1. The third-order valence-electron chi connectivity index (χ3n) is 3.36. The van der Waals surface area contributed by atoms with Gasteiger partial charge in [-0.3, -0.25) is 4.79 Å². The Morgan fingerprint density at radius 1 is 1.38 bits per heavy atom. The van der Waals surface area contributed by atoms with E-state index in [-0.39, 0.29) is 5.97 Å². The molecule has 0 aromatic rings. The van der Waals surface area contributed by atoms with E-state index in [0.717, 1.165) is 19.3 Å². The number of nitrogens with two attached hydrogens (primary N) is 1. The molecular formula is C13H25NO2. The van der Waals surface area contributed by atoms with E-state index in [1.807, 2.05) is 0 Å². The van der Waals surface area contributed by atoms with Crippen LogP contribution in [0.3, 0.4) is 0 Å². The van der Waals surface area contributed by atoms with Crippen molar-refractivity contribution >= 4 is 5.97 Å². The fourth-order valence-corrected chi connectivity index (χ4v) is 2.20. The minimum atomic E-state index is -0.413. The molecule has 0 heterocycles. The summed E-state index contributed by atoms with van der Waals surface area (Å²) in [6.07, 6.45) is 9.13. The first-order chi connectivity index (χ1) is 7.74. The zero-order valence-electron chi connectivity index (χ0n) is 10.4. The predicted molar refractivity (Wildman–Crippen MR) is 65.0 cm³/mol. The van der Waals surface area contributed by atoms with Gasteiger partial charge >= 0.3 is 5.97 Å². The summed E-state index contributed by atoms with van der Waals surface area (Å²) < 4.78 is 5.28. The van der Waals surface area contributed by atoms with Crippen LogP contribution in [0.4, 0.5) is 0 Å². The van der Waals surface area contributed by atoms with Crippen LogP contribution in [0.1, 0.15) is 58.3 Å². The highest BCUT2D eigenvalue weighted by atomic mass is 16.5. The lowest BCUT2D eigenvalue weighted by Gasteiger charge is -2.21. The van der Waals surface area contributed by atoms with Crippen LogP contribution >= 0.6 is 0 Å². The molecule has 1 saturated carbocycles. The second-order valence-corrected chi connectivity index (χ2v) is 4.88. The van der Waals surface area contributed by atoms with E-state index in [0.29, 0.717) is 12.5 Å². The molecule has 0 saturated heterocycles. The molecule has 0 aliphatic heterocycles. The van der Waals surface area contributed by atoms with Crippen LogP contribution in [-0.4, -0.2) is 18.6 Å². The van der Waals surface area contributed by atoms with Gasteiger partial charge in [-0.1, -0.05) is 39.0 Å². The molecule has 1 fully saturated rings. The highest BCUT2D eigenvalue weighted by Crippen LogP contribution is 2.23. The number of carbonyl (C=O) groups is 1. The van der Waals surface area contributed by atoms with Gasteiger partial charge in [-0.15, -0.1) is 0 Å². The Hall–Kier alpha value is -0.570. The summed E-state index contributed by atoms with van der Waals surface area (Å²) in [6.45, 7) is 2.68. The van der Waals surface area contributed by atoms with E-state index < -0.39 is 6.04 Å². The van der Waals surface area contributed by atoms with Crippen LogP contribution in [0.15, 0.2) is 0 Å². The second kappa shape index (κ2) is 7.66. The molecule has 0 spiro atoms. The van der Waals surface area contributed by atoms with Gasteiger partial charge in [-0.05, 0) is 25.2 Å². The van der Waals surface area contributed by atoms with E-state index >= 15 is 0 Å². The Kier molecular flexibility index (Phi) is 6.46. The van der Waals surface area contributed by atoms with Gasteiger partial charge in [0.2, 0.25) is 0 Å². The Morgan fingerprint density at radius 3 is 2.69 bits per heavy atom. The number of hydrogen-bond donors (Lipinski definition) is 1. The SMILES string of the molecule is CCCCC(N)C(=O)OCC1CCCCC1. The average Bonchev–Trinajstić information content (AvgIpc) is 2.34. The molecule has 1 aliphatic carbocycles. The third kappa shape index (κ3) is 4.97. The molecule has 3 nitrogen and oxygen atoms in total. The Morgan fingerprint density at radius 2 is 2.06 bits per heavy atom. The zero-order valence-corrected chi connectivity index (χ0v) is 10.4. The van der Waals surface area contributed by atoms with E-state index in [1.54, 1.807) is 0 Å². The summed E-state index contributed by atoms with van der Waals surface area (Å²) >= 11 is 0. The molecule has 0 amide bonds. The molecule has 2 N–H and O–H groups in total. The molecule has 1 atom stereocenters. The maximum atomic E-state index is 11.5. The van der Waals surface area contributed by atoms with Crippen LogP contribution in [0, 0.1) is 5.92 Å². The van der Waals surface area contributed by atoms with Crippen LogP contribution in [-0.2, 0) is 9.53 Å². The number of carbonyl (C=O) groups excluding carboxylic acids is 1. The molecule has 0 aromatic heterocycles. The number of hydrogen-bond acceptors (Lipinski definition) is 3. The summed E-state index contributed by atoms with van der Waals surface area (Å²) in [5.74, 6) is 0.370. The van der Waals surface area contributed by atoms with Crippen LogP contribution in [0.2, 0.25) is 0 Å². The summed E-state index contributed by atoms with van der Waals surface area (Å²) in [5, 5.41) is 0. The van der Waals surface area contributed by atoms with Crippen molar-refractivity contribution in [3.05, 3.63) is 0 Å². The Bertz CT molecular complexity index is 200. The van der Waals surface area contributed by atoms with Gasteiger partial charge in [-0.2, -0.15) is 0 Å². The van der Waals surface area contributed by atoms with Gasteiger partial charge in [0.25, 0.3) is 0 Å². The lowest BCUT2D eigenvalue weighted by atomic mass is 9.90. The van der Waals surface area contributed by atoms with Crippen LogP contribution in [0.5, 0.6) is 0 Å². The Labute approximate surface area is 98.7 Å². The highest BCUT2D eigenvalue weighted by molar-refractivity contribution is 5.75. The van der Waals surface area contributed by atoms with Gasteiger partial charge in [0.1, 0.15) is 6.04 Å². The van der Waals surface area contributed by atoms with Gasteiger partial charge in [0, 0.05) is 0 Å². The summed E-state index contributed by atoms with van der Waals surface area (Å²) in [4.78, 5) is 11.5. The molecular weight excluding hydrogens is 202 g/mol. The molecule has 1 aliphatic rings. The van der Waals surface area contributed by atoms with Gasteiger partial charge in [0.15, 0.2) is 0 Å².